The molecule has 27 heavy (non-hydrogen) atoms. The van der Waals surface area contributed by atoms with Crippen LogP contribution in [0.3, 0.4) is 0 Å². The fourth-order valence-electron chi connectivity index (χ4n) is 2.29. The molecule has 1 aromatic rings. The minimum Gasteiger partial charge on any atom is -0.384 e. The Hall–Kier alpha value is -1.88. The average Bonchev–Trinajstić information content (AvgIpc) is 2.62. The maximum Gasteiger partial charge on any atom is 0.243 e. The normalized spacial score (nSPS) is 10.9. The van der Waals surface area contributed by atoms with Gasteiger partial charge in [0.1, 0.15) is 0 Å². The van der Waals surface area contributed by atoms with Gasteiger partial charge in [0.15, 0.2) is 0 Å². The van der Waals surface area contributed by atoms with Crippen LogP contribution >= 0.6 is 12.4 Å². The summed E-state index contributed by atoms with van der Waals surface area (Å²) in [5, 5.41) is 8.05. The second-order valence-corrected chi connectivity index (χ2v) is 7.29. The topological polar surface area (TPSA) is 134 Å². The highest BCUT2D eigenvalue weighted by molar-refractivity contribution is 7.89. The number of nitrogens with two attached hydrogens (primary N) is 1. The summed E-state index contributed by atoms with van der Waals surface area (Å²) in [5.41, 5.74) is 6.09. The van der Waals surface area contributed by atoms with Gasteiger partial charge in [-0.3, -0.25) is 9.59 Å². The van der Waals surface area contributed by atoms with Gasteiger partial charge in [-0.15, -0.1) is 12.4 Å². The van der Waals surface area contributed by atoms with Crippen LogP contribution in [0.1, 0.15) is 20.8 Å². The molecule has 0 aliphatic heterocycles. The van der Waals surface area contributed by atoms with Crippen LogP contribution in [0.2, 0.25) is 0 Å². The van der Waals surface area contributed by atoms with E-state index in [1.165, 1.54) is 16.4 Å². The van der Waals surface area contributed by atoms with Crippen molar-refractivity contribution in [2.75, 3.05) is 43.4 Å². The van der Waals surface area contributed by atoms with Crippen LogP contribution in [-0.4, -0.2) is 57.3 Å². The second kappa shape index (κ2) is 11.8. The predicted molar refractivity (Wildman–Crippen MR) is 109 cm³/mol. The van der Waals surface area contributed by atoms with Crippen LogP contribution in [0.4, 0.5) is 11.4 Å². The summed E-state index contributed by atoms with van der Waals surface area (Å²) < 4.78 is 26.7. The van der Waals surface area contributed by atoms with Crippen molar-refractivity contribution in [3.8, 4) is 0 Å². The zero-order chi connectivity index (χ0) is 19.7. The molecule has 11 heteroatoms. The van der Waals surface area contributed by atoms with E-state index in [1.807, 2.05) is 6.92 Å². The molecule has 0 unspecified atom stereocenters. The second-order valence-electron chi connectivity index (χ2n) is 5.36. The molecular formula is C16H28ClN5O4S. The Morgan fingerprint density at radius 3 is 2.22 bits per heavy atom. The van der Waals surface area contributed by atoms with E-state index in [4.69, 9.17) is 5.73 Å². The molecule has 1 rings (SSSR count). The highest BCUT2D eigenvalue weighted by Gasteiger charge is 2.23. The lowest BCUT2D eigenvalue weighted by molar-refractivity contribution is -0.123. The van der Waals surface area contributed by atoms with E-state index < -0.39 is 21.8 Å². The Morgan fingerprint density at radius 2 is 1.70 bits per heavy atom. The summed E-state index contributed by atoms with van der Waals surface area (Å²) in [6.45, 7) is 6.22. The quantitative estimate of drug-likeness (QED) is 0.436. The summed E-state index contributed by atoms with van der Waals surface area (Å²) >= 11 is 0. The molecule has 0 aliphatic carbocycles. The number of anilines is 2. The van der Waals surface area contributed by atoms with Gasteiger partial charge >= 0.3 is 0 Å². The van der Waals surface area contributed by atoms with E-state index in [2.05, 4.69) is 16.0 Å². The van der Waals surface area contributed by atoms with Crippen molar-refractivity contribution in [2.24, 2.45) is 5.73 Å². The minimum absolute atomic E-state index is 0. The highest BCUT2D eigenvalue weighted by Crippen LogP contribution is 2.27. The van der Waals surface area contributed by atoms with Crippen LogP contribution in [0.5, 0.6) is 0 Å². The molecule has 9 nitrogen and oxygen atoms in total. The Kier molecular flexibility index (Phi) is 10.9. The molecule has 0 spiro atoms. The number of sulfonamides is 1. The van der Waals surface area contributed by atoms with Gasteiger partial charge in [-0.25, -0.2) is 8.42 Å². The lowest BCUT2D eigenvalue weighted by Gasteiger charge is -2.20. The third-order valence-corrected chi connectivity index (χ3v) is 5.65. The number of amides is 2. The molecular weight excluding hydrogens is 394 g/mol. The smallest absolute Gasteiger partial charge is 0.243 e. The standard InChI is InChI=1S/C16H27N5O4S.ClH/c1-4-18-13-8-7-12(26(24,25)21(5-2)6-3)9-14(13)20-16(23)11-19-15(22)10-17;/h7-9,18H,4-6,10-11,17H2,1-3H3,(H,19,22)(H,20,23);1H. The summed E-state index contributed by atoms with van der Waals surface area (Å²) in [5.74, 6) is -0.937. The molecule has 0 radical (unpaired) electrons. The molecule has 5 N–H and O–H groups in total. The molecule has 154 valence electrons. The van der Waals surface area contributed by atoms with Crippen LogP contribution in [-0.2, 0) is 19.6 Å². The van der Waals surface area contributed by atoms with Crippen LogP contribution in [0.15, 0.2) is 23.1 Å². The van der Waals surface area contributed by atoms with Crippen molar-refractivity contribution in [3.05, 3.63) is 18.2 Å². The maximum absolute atomic E-state index is 12.7. The van der Waals surface area contributed by atoms with E-state index in [0.29, 0.717) is 31.0 Å². The highest BCUT2D eigenvalue weighted by atomic mass is 35.5. The minimum atomic E-state index is -3.65. The van der Waals surface area contributed by atoms with E-state index in [1.54, 1.807) is 19.9 Å². The molecule has 0 bridgehead atoms. The monoisotopic (exact) mass is 421 g/mol. The van der Waals surface area contributed by atoms with Gasteiger partial charge in [0.25, 0.3) is 0 Å². The van der Waals surface area contributed by atoms with Crippen molar-refractivity contribution in [1.82, 2.24) is 9.62 Å². The van der Waals surface area contributed by atoms with E-state index in [9.17, 15) is 18.0 Å². The predicted octanol–water partition coefficient (Wildman–Crippen LogP) is 0.584. The Morgan fingerprint density at radius 1 is 1.07 bits per heavy atom. The van der Waals surface area contributed by atoms with Gasteiger partial charge in [0, 0.05) is 19.6 Å². The number of benzene rings is 1. The molecule has 0 aromatic heterocycles. The fourth-order valence-corrected chi connectivity index (χ4v) is 3.77. The Bertz CT molecular complexity index is 738. The Labute approximate surface area is 166 Å². The van der Waals surface area contributed by atoms with Crippen LogP contribution in [0.25, 0.3) is 0 Å². The lowest BCUT2D eigenvalue weighted by atomic mass is 10.2. The zero-order valence-corrected chi connectivity index (χ0v) is 17.4. The largest absolute Gasteiger partial charge is 0.384 e. The number of rotatable bonds is 10. The molecule has 0 atom stereocenters. The fraction of sp³-hybridized carbons (Fsp3) is 0.500. The number of nitrogens with one attached hydrogen (secondary N) is 3. The number of carbonyl (C=O) groups is 2. The molecule has 0 saturated heterocycles. The molecule has 0 aliphatic rings. The van der Waals surface area contributed by atoms with Gasteiger partial charge in [-0.1, -0.05) is 13.8 Å². The van der Waals surface area contributed by atoms with Crippen LogP contribution < -0.4 is 21.7 Å². The number of hydrogen-bond acceptors (Lipinski definition) is 6. The summed E-state index contributed by atoms with van der Waals surface area (Å²) in [4.78, 5) is 23.3. The number of nitrogens with zero attached hydrogens (tertiary/aromatic N) is 1. The summed E-state index contributed by atoms with van der Waals surface area (Å²) in [6, 6.07) is 4.51. The zero-order valence-electron chi connectivity index (χ0n) is 15.7. The van der Waals surface area contributed by atoms with Gasteiger partial charge in [0.2, 0.25) is 21.8 Å². The first-order chi connectivity index (χ1) is 12.3. The summed E-state index contributed by atoms with van der Waals surface area (Å²) in [6.07, 6.45) is 0. The van der Waals surface area contributed by atoms with E-state index in [0.717, 1.165) is 0 Å². The van der Waals surface area contributed by atoms with Gasteiger partial charge < -0.3 is 21.7 Å². The SMILES string of the molecule is CCNc1ccc(S(=O)(=O)N(CC)CC)cc1NC(=O)CNC(=O)CN.Cl. The van der Waals surface area contributed by atoms with Crippen molar-refractivity contribution < 1.29 is 18.0 Å². The van der Waals surface area contributed by atoms with E-state index in [-0.39, 0.29) is 30.4 Å². The first-order valence-corrected chi connectivity index (χ1v) is 9.88. The van der Waals surface area contributed by atoms with E-state index >= 15 is 0 Å². The van der Waals surface area contributed by atoms with Gasteiger partial charge in [-0.2, -0.15) is 4.31 Å². The average molecular weight is 422 g/mol. The first kappa shape index (κ1) is 25.1. The number of carbonyl (C=O) groups excluding carboxylic acids is 2. The summed E-state index contributed by atoms with van der Waals surface area (Å²) in [7, 11) is -3.65. The van der Waals surface area contributed by atoms with Crippen LogP contribution in [0, 0.1) is 0 Å². The van der Waals surface area contributed by atoms with Crippen molar-refractivity contribution >= 4 is 45.6 Å². The molecule has 1 aromatic carbocycles. The first-order valence-electron chi connectivity index (χ1n) is 8.44. The van der Waals surface area contributed by atoms with Crippen molar-refractivity contribution in [2.45, 2.75) is 25.7 Å². The van der Waals surface area contributed by atoms with Gasteiger partial charge in [-0.05, 0) is 25.1 Å². The molecule has 0 saturated carbocycles. The molecule has 0 heterocycles. The number of halogens is 1. The third-order valence-electron chi connectivity index (χ3n) is 3.61. The number of hydrogen-bond donors (Lipinski definition) is 4. The van der Waals surface area contributed by atoms with Gasteiger partial charge in [0.05, 0.1) is 29.4 Å². The Balaban J connectivity index is 0.00000676. The molecule has 2 amide bonds. The lowest BCUT2D eigenvalue weighted by Crippen LogP contribution is -2.36. The maximum atomic E-state index is 12.7. The molecule has 0 fully saturated rings. The third kappa shape index (κ3) is 6.98. The van der Waals surface area contributed by atoms with Crippen molar-refractivity contribution in [3.63, 3.8) is 0 Å². The van der Waals surface area contributed by atoms with Crippen molar-refractivity contribution in [1.29, 1.82) is 0 Å².